The van der Waals surface area contributed by atoms with Gasteiger partial charge in [0.05, 0.1) is 22.7 Å². The average molecular weight is 268 g/mol. The van der Waals surface area contributed by atoms with E-state index in [0.29, 0.717) is 0 Å². The monoisotopic (exact) mass is 267 g/mol. The fourth-order valence-electron chi connectivity index (χ4n) is 1.03. The molecule has 0 aromatic heterocycles. The zero-order valence-electron chi connectivity index (χ0n) is 6.97. The first-order valence-electron chi connectivity index (χ1n) is 3.71. The maximum absolute atomic E-state index is 13.3. The lowest BCUT2D eigenvalue weighted by Gasteiger charge is -2.13. The highest BCUT2D eigenvalue weighted by Crippen LogP contribution is 2.33. The topological polar surface area (TPSA) is 66.5 Å². The molecule has 0 amide bonds. The summed E-state index contributed by atoms with van der Waals surface area (Å²) in [6.07, 6.45) is 0. The summed E-state index contributed by atoms with van der Waals surface area (Å²) < 4.78 is 26.1. The number of hydrogen-bond acceptors (Lipinski definition) is 3. The standard InChI is InChI=1S/C8H8BrF2NO2/c9-3-1-4(10)8(14)6(7(3)11)5(12)2-13/h1,5,13-14H,2,12H2. The number of aliphatic hydroxyl groups is 1. The third kappa shape index (κ3) is 1.87. The van der Waals surface area contributed by atoms with E-state index in [2.05, 4.69) is 15.9 Å². The highest BCUT2D eigenvalue weighted by Gasteiger charge is 2.21. The lowest BCUT2D eigenvalue weighted by molar-refractivity contribution is 0.261. The molecule has 1 rings (SSSR count). The summed E-state index contributed by atoms with van der Waals surface area (Å²) in [5.41, 5.74) is 4.87. The normalized spacial score (nSPS) is 12.9. The van der Waals surface area contributed by atoms with Gasteiger partial charge < -0.3 is 15.9 Å². The van der Waals surface area contributed by atoms with Crippen molar-refractivity contribution in [3.63, 3.8) is 0 Å². The van der Waals surface area contributed by atoms with Crippen LogP contribution in [-0.2, 0) is 0 Å². The predicted octanol–water partition coefficient (Wildman–Crippen LogP) is 1.42. The van der Waals surface area contributed by atoms with Crippen LogP contribution in [0.25, 0.3) is 0 Å². The number of phenolic OH excluding ortho intramolecular Hbond substituents is 1. The first-order valence-corrected chi connectivity index (χ1v) is 4.51. The largest absolute Gasteiger partial charge is 0.505 e. The zero-order chi connectivity index (χ0) is 10.9. The van der Waals surface area contributed by atoms with Gasteiger partial charge in [-0.15, -0.1) is 0 Å². The van der Waals surface area contributed by atoms with Crippen LogP contribution in [0.1, 0.15) is 11.6 Å². The smallest absolute Gasteiger partial charge is 0.166 e. The molecule has 0 spiro atoms. The number of hydrogen-bond donors (Lipinski definition) is 3. The summed E-state index contributed by atoms with van der Waals surface area (Å²) >= 11 is 2.77. The van der Waals surface area contributed by atoms with Gasteiger partial charge in [-0.2, -0.15) is 0 Å². The Labute approximate surface area is 87.3 Å². The van der Waals surface area contributed by atoms with Crippen LogP contribution in [0.2, 0.25) is 0 Å². The molecule has 6 heteroatoms. The van der Waals surface area contributed by atoms with Crippen molar-refractivity contribution in [3.8, 4) is 5.75 Å². The number of rotatable bonds is 2. The molecule has 0 aliphatic carbocycles. The number of nitrogens with two attached hydrogens (primary N) is 1. The Bertz CT molecular complexity index is 333. The number of benzene rings is 1. The van der Waals surface area contributed by atoms with E-state index in [-0.39, 0.29) is 4.47 Å². The Kier molecular flexibility index (Phi) is 3.41. The number of aliphatic hydroxyl groups excluding tert-OH is 1. The molecule has 0 aliphatic heterocycles. The van der Waals surface area contributed by atoms with E-state index in [4.69, 9.17) is 10.8 Å². The molecule has 1 aromatic carbocycles. The maximum Gasteiger partial charge on any atom is 0.166 e. The summed E-state index contributed by atoms with van der Waals surface area (Å²) in [4.78, 5) is 0. The van der Waals surface area contributed by atoms with Crippen LogP contribution in [0.15, 0.2) is 10.5 Å². The van der Waals surface area contributed by atoms with Crippen LogP contribution in [0, 0.1) is 11.6 Å². The fraction of sp³-hybridized carbons (Fsp3) is 0.250. The Balaban J connectivity index is 3.39. The van der Waals surface area contributed by atoms with Crippen LogP contribution in [-0.4, -0.2) is 16.8 Å². The van der Waals surface area contributed by atoms with E-state index in [1.165, 1.54) is 0 Å². The minimum Gasteiger partial charge on any atom is -0.505 e. The van der Waals surface area contributed by atoms with Gasteiger partial charge in [0.1, 0.15) is 5.82 Å². The lowest BCUT2D eigenvalue weighted by Crippen LogP contribution is -2.17. The van der Waals surface area contributed by atoms with E-state index >= 15 is 0 Å². The summed E-state index contributed by atoms with van der Waals surface area (Å²) in [7, 11) is 0. The van der Waals surface area contributed by atoms with Crippen molar-refractivity contribution in [2.24, 2.45) is 5.73 Å². The summed E-state index contributed by atoms with van der Waals surface area (Å²) in [6.45, 7) is -0.583. The molecular weight excluding hydrogens is 260 g/mol. The highest BCUT2D eigenvalue weighted by molar-refractivity contribution is 9.10. The van der Waals surface area contributed by atoms with Gasteiger partial charge in [0, 0.05) is 0 Å². The molecular formula is C8H8BrF2NO2. The maximum atomic E-state index is 13.3. The Morgan fingerprint density at radius 2 is 2.07 bits per heavy atom. The predicted molar refractivity (Wildman–Crippen MR) is 49.7 cm³/mol. The van der Waals surface area contributed by atoms with Crippen LogP contribution >= 0.6 is 15.9 Å². The molecule has 0 bridgehead atoms. The fourth-order valence-corrected chi connectivity index (χ4v) is 1.45. The van der Waals surface area contributed by atoms with E-state index in [1.807, 2.05) is 0 Å². The minimum atomic E-state index is -1.15. The van der Waals surface area contributed by atoms with Crippen molar-refractivity contribution >= 4 is 15.9 Å². The molecule has 0 aliphatic rings. The summed E-state index contributed by atoms with van der Waals surface area (Å²) in [5, 5.41) is 17.9. The van der Waals surface area contributed by atoms with Gasteiger partial charge in [-0.05, 0) is 22.0 Å². The van der Waals surface area contributed by atoms with Crippen LogP contribution in [0.4, 0.5) is 8.78 Å². The van der Waals surface area contributed by atoms with Gasteiger partial charge in [0.2, 0.25) is 0 Å². The van der Waals surface area contributed by atoms with E-state index in [9.17, 15) is 13.9 Å². The molecule has 3 nitrogen and oxygen atoms in total. The molecule has 0 saturated heterocycles. The van der Waals surface area contributed by atoms with Crippen molar-refractivity contribution in [1.29, 1.82) is 0 Å². The highest BCUT2D eigenvalue weighted by atomic mass is 79.9. The zero-order valence-corrected chi connectivity index (χ0v) is 8.55. The molecule has 1 aromatic rings. The van der Waals surface area contributed by atoms with Crippen LogP contribution in [0.3, 0.4) is 0 Å². The molecule has 0 fully saturated rings. The van der Waals surface area contributed by atoms with Gasteiger partial charge in [-0.1, -0.05) is 0 Å². The molecule has 0 saturated carbocycles. The SMILES string of the molecule is NC(CO)c1c(O)c(F)cc(Br)c1F. The molecule has 1 unspecified atom stereocenters. The van der Waals surface area contributed by atoms with Crippen molar-refractivity contribution in [2.45, 2.75) is 6.04 Å². The third-order valence-electron chi connectivity index (χ3n) is 1.75. The van der Waals surface area contributed by atoms with E-state index < -0.39 is 35.6 Å². The van der Waals surface area contributed by atoms with Crippen molar-refractivity contribution in [3.05, 3.63) is 27.7 Å². The van der Waals surface area contributed by atoms with Crippen molar-refractivity contribution in [2.75, 3.05) is 6.61 Å². The second-order valence-corrected chi connectivity index (χ2v) is 3.56. The Hall–Kier alpha value is -0.720. The molecule has 78 valence electrons. The van der Waals surface area contributed by atoms with Gasteiger partial charge in [0.25, 0.3) is 0 Å². The molecule has 1 atom stereocenters. The van der Waals surface area contributed by atoms with Gasteiger partial charge >= 0.3 is 0 Å². The van der Waals surface area contributed by atoms with E-state index in [0.717, 1.165) is 6.07 Å². The minimum absolute atomic E-state index is 0.147. The van der Waals surface area contributed by atoms with Gasteiger partial charge in [-0.25, -0.2) is 8.78 Å². The first-order chi connectivity index (χ1) is 6.49. The third-order valence-corrected chi connectivity index (χ3v) is 2.33. The van der Waals surface area contributed by atoms with Crippen molar-refractivity contribution < 1.29 is 19.0 Å². The Morgan fingerprint density at radius 1 is 1.50 bits per heavy atom. The van der Waals surface area contributed by atoms with E-state index in [1.54, 1.807) is 0 Å². The van der Waals surface area contributed by atoms with Crippen LogP contribution in [0.5, 0.6) is 5.75 Å². The lowest BCUT2D eigenvalue weighted by atomic mass is 10.1. The average Bonchev–Trinajstić information content (AvgIpc) is 2.15. The molecule has 4 N–H and O–H groups in total. The van der Waals surface area contributed by atoms with Crippen molar-refractivity contribution in [1.82, 2.24) is 0 Å². The first kappa shape index (κ1) is 11.4. The second-order valence-electron chi connectivity index (χ2n) is 2.71. The summed E-state index contributed by atoms with van der Waals surface area (Å²) in [6, 6.07) is -0.361. The quantitative estimate of drug-likeness (QED) is 0.711. The molecule has 14 heavy (non-hydrogen) atoms. The van der Waals surface area contributed by atoms with Crippen LogP contribution < -0.4 is 5.73 Å². The number of phenols is 1. The van der Waals surface area contributed by atoms with Gasteiger partial charge in [-0.3, -0.25) is 0 Å². The number of aromatic hydroxyl groups is 1. The second kappa shape index (κ2) is 4.20. The van der Waals surface area contributed by atoms with Gasteiger partial charge in [0.15, 0.2) is 11.6 Å². The summed E-state index contributed by atoms with van der Waals surface area (Å²) in [5.74, 6) is -2.73. The Morgan fingerprint density at radius 3 is 2.57 bits per heavy atom. The number of halogens is 3. The molecule has 0 radical (unpaired) electrons. The molecule has 0 heterocycles.